The van der Waals surface area contributed by atoms with Crippen LogP contribution in [0, 0.1) is 6.92 Å². The molecule has 0 radical (unpaired) electrons. The van der Waals surface area contributed by atoms with Crippen molar-refractivity contribution in [2.24, 2.45) is 0 Å². The molecule has 0 unspecified atom stereocenters. The number of hydrogen-bond donors (Lipinski definition) is 0. The number of fused-ring (bicyclic) bond motifs is 3. The van der Waals surface area contributed by atoms with Gasteiger partial charge < -0.3 is 4.42 Å². The smallest absolute Gasteiger partial charge is 0.138 e. The second kappa shape index (κ2) is 4.24. The summed E-state index contributed by atoms with van der Waals surface area (Å²) in [5.41, 5.74) is 5.53. The van der Waals surface area contributed by atoms with Crippen molar-refractivity contribution in [3.8, 4) is 11.1 Å². The average Bonchev–Trinajstić information content (AvgIpc) is 2.87. The lowest BCUT2D eigenvalue weighted by Crippen LogP contribution is -1.76. The lowest BCUT2D eigenvalue weighted by molar-refractivity contribution is 0.666. The van der Waals surface area contributed by atoms with E-state index in [1.807, 2.05) is 6.07 Å². The van der Waals surface area contributed by atoms with Crippen molar-refractivity contribution >= 4 is 21.9 Å². The van der Waals surface area contributed by atoms with Crippen LogP contribution < -0.4 is 0 Å². The molecule has 0 aliphatic rings. The summed E-state index contributed by atoms with van der Waals surface area (Å²) in [5.74, 6) is 0. The summed E-state index contributed by atoms with van der Waals surface area (Å²) >= 11 is 0. The van der Waals surface area contributed by atoms with E-state index in [4.69, 9.17) is 4.42 Å². The Morgan fingerprint density at radius 3 is 2.40 bits per heavy atom. The number of para-hydroxylation sites is 1. The van der Waals surface area contributed by atoms with Crippen LogP contribution in [0.2, 0.25) is 0 Å². The van der Waals surface area contributed by atoms with Crippen LogP contribution in [0.1, 0.15) is 5.56 Å². The molecule has 0 N–H and O–H groups in total. The maximum Gasteiger partial charge on any atom is 0.138 e. The average molecular weight is 258 g/mol. The van der Waals surface area contributed by atoms with Gasteiger partial charge in [-0.2, -0.15) is 0 Å². The van der Waals surface area contributed by atoms with Gasteiger partial charge in [0, 0.05) is 10.8 Å². The fourth-order valence-corrected chi connectivity index (χ4v) is 2.75. The van der Waals surface area contributed by atoms with E-state index in [0.29, 0.717) is 0 Å². The molecule has 0 saturated carbocycles. The van der Waals surface area contributed by atoms with Gasteiger partial charge >= 0.3 is 0 Å². The van der Waals surface area contributed by atoms with Crippen molar-refractivity contribution in [1.29, 1.82) is 0 Å². The van der Waals surface area contributed by atoms with Gasteiger partial charge in [-0.25, -0.2) is 0 Å². The lowest BCUT2D eigenvalue weighted by atomic mass is 10.0. The van der Waals surface area contributed by atoms with Gasteiger partial charge in [0.1, 0.15) is 11.2 Å². The minimum absolute atomic E-state index is 0.954. The lowest BCUT2D eigenvalue weighted by Gasteiger charge is -2.00. The van der Waals surface area contributed by atoms with E-state index in [9.17, 15) is 0 Å². The van der Waals surface area contributed by atoms with Gasteiger partial charge in [-0.3, -0.25) is 0 Å². The minimum Gasteiger partial charge on any atom is -0.456 e. The number of rotatable bonds is 1. The summed E-state index contributed by atoms with van der Waals surface area (Å²) in [7, 11) is 0. The summed E-state index contributed by atoms with van der Waals surface area (Å²) in [6.45, 7) is 2.09. The third-order valence-corrected chi connectivity index (χ3v) is 3.80. The summed E-state index contributed by atoms with van der Waals surface area (Å²) in [6, 6.07) is 23.1. The van der Waals surface area contributed by atoms with Crippen molar-refractivity contribution in [1.82, 2.24) is 0 Å². The Morgan fingerprint density at radius 1 is 0.700 bits per heavy atom. The fourth-order valence-electron chi connectivity index (χ4n) is 2.75. The van der Waals surface area contributed by atoms with Crippen LogP contribution in [0.15, 0.2) is 71.1 Å². The van der Waals surface area contributed by atoms with E-state index in [1.54, 1.807) is 0 Å². The molecule has 1 heterocycles. The molecular weight excluding hydrogens is 244 g/mol. The Morgan fingerprint density at radius 2 is 1.55 bits per heavy atom. The highest BCUT2D eigenvalue weighted by atomic mass is 16.3. The molecule has 0 atom stereocenters. The Hall–Kier alpha value is -2.54. The van der Waals surface area contributed by atoms with Crippen molar-refractivity contribution < 1.29 is 4.42 Å². The molecule has 3 aromatic carbocycles. The van der Waals surface area contributed by atoms with E-state index in [0.717, 1.165) is 11.2 Å². The number of aryl methyl sites for hydroxylation is 1. The standard InChI is InChI=1S/C19H14O/c1-13-6-5-9-17-16-11-10-15(12-18(16)20-19(13)17)14-7-3-2-4-8-14/h2-12H,1H3. The predicted molar refractivity (Wildman–Crippen MR) is 83.9 cm³/mol. The molecule has 4 rings (SSSR count). The minimum atomic E-state index is 0.954. The van der Waals surface area contributed by atoms with Crippen molar-refractivity contribution in [2.45, 2.75) is 6.92 Å². The molecule has 0 aliphatic carbocycles. The Labute approximate surface area is 117 Å². The molecule has 4 aromatic rings. The van der Waals surface area contributed by atoms with Gasteiger partial charge in [-0.05, 0) is 35.7 Å². The number of benzene rings is 3. The van der Waals surface area contributed by atoms with Crippen LogP contribution in [0.3, 0.4) is 0 Å². The maximum atomic E-state index is 6.05. The number of furan rings is 1. The van der Waals surface area contributed by atoms with Gasteiger partial charge in [-0.1, -0.05) is 54.6 Å². The second-order valence-electron chi connectivity index (χ2n) is 5.13. The zero-order valence-electron chi connectivity index (χ0n) is 11.3. The van der Waals surface area contributed by atoms with Crippen LogP contribution in [-0.2, 0) is 0 Å². The quantitative estimate of drug-likeness (QED) is 0.435. The first-order chi connectivity index (χ1) is 9.83. The highest BCUT2D eigenvalue weighted by molar-refractivity contribution is 6.06. The normalized spacial score (nSPS) is 11.2. The molecule has 0 saturated heterocycles. The van der Waals surface area contributed by atoms with E-state index < -0.39 is 0 Å². The SMILES string of the molecule is Cc1cccc2c1oc1cc(-c3ccccc3)ccc12. The third-order valence-electron chi connectivity index (χ3n) is 3.80. The largest absolute Gasteiger partial charge is 0.456 e. The van der Waals surface area contributed by atoms with Crippen molar-refractivity contribution in [3.05, 3.63) is 72.3 Å². The second-order valence-corrected chi connectivity index (χ2v) is 5.13. The van der Waals surface area contributed by atoms with Crippen LogP contribution in [0.25, 0.3) is 33.1 Å². The molecule has 1 nitrogen and oxygen atoms in total. The van der Waals surface area contributed by atoms with Gasteiger partial charge in [0.25, 0.3) is 0 Å². The molecule has 96 valence electrons. The van der Waals surface area contributed by atoms with Gasteiger partial charge in [0.15, 0.2) is 0 Å². The molecule has 0 fully saturated rings. The van der Waals surface area contributed by atoms with Crippen molar-refractivity contribution in [3.63, 3.8) is 0 Å². The number of hydrogen-bond acceptors (Lipinski definition) is 1. The Balaban J connectivity index is 2.01. The molecule has 1 heteroatoms. The zero-order valence-corrected chi connectivity index (χ0v) is 11.3. The van der Waals surface area contributed by atoms with Gasteiger partial charge in [0.2, 0.25) is 0 Å². The zero-order chi connectivity index (χ0) is 13.5. The highest BCUT2D eigenvalue weighted by Gasteiger charge is 2.09. The predicted octanol–water partition coefficient (Wildman–Crippen LogP) is 5.56. The van der Waals surface area contributed by atoms with E-state index in [2.05, 4.69) is 67.6 Å². The molecule has 0 bridgehead atoms. The van der Waals surface area contributed by atoms with E-state index in [1.165, 1.54) is 27.5 Å². The first-order valence-electron chi connectivity index (χ1n) is 6.80. The van der Waals surface area contributed by atoms with Crippen LogP contribution in [0.4, 0.5) is 0 Å². The molecule has 0 amide bonds. The Bertz CT molecular complexity index is 901. The summed E-state index contributed by atoms with van der Waals surface area (Å²) < 4.78 is 6.05. The topological polar surface area (TPSA) is 13.1 Å². The first kappa shape index (κ1) is 11.3. The summed E-state index contributed by atoms with van der Waals surface area (Å²) in [5, 5.41) is 2.38. The van der Waals surface area contributed by atoms with Crippen LogP contribution in [-0.4, -0.2) is 0 Å². The molecule has 1 aromatic heterocycles. The summed E-state index contributed by atoms with van der Waals surface area (Å²) in [4.78, 5) is 0. The highest BCUT2D eigenvalue weighted by Crippen LogP contribution is 2.33. The van der Waals surface area contributed by atoms with Crippen LogP contribution >= 0.6 is 0 Å². The van der Waals surface area contributed by atoms with Gasteiger partial charge in [0.05, 0.1) is 0 Å². The van der Waals surface area contributed by atoms with E-state index >= 15 is 0 Å². The fraction of sp³-hybridized carbons (Fsp3) is 0.0526. The molecule has 20 heavy (non-hydrogen) atoms. The maximum absolute atomic E-state index is 6.05. The van der Waals surface area contributed by atoms with Crippen LogP contribution in [0.5, 0.6) is 0 Å². The molecule has 0 spiro atoms. The summed E-state index contributed by atoms with van der Waals surface area (Å²) in [6.07, 6.45) is 0. The first-order valence-corrected chi connectivity index (χ1v) is 6.80. The third kappa shape index (κ3) is 1.64. The van der Waals surface area contributed by atoms with Gasteiger partial charge in [-0.15, -0.1) is 0 Å². The monoisotopic (exact) mass is 258 g/mol. The molecule has 0 aliphatic heterocycles. The molecular formula is C19H14O. The van der Waals surface area contributed by atoms with E-state index in [-0.39, 0.29) is 0 Å². The van der Waals surface area contributed by atoms with Crippen molar-refractivity contribution in [2.75, 3.05) is 0 Å². The Kier molecular flexibility index (Phi) is 2.40.